The number of benzene rings is 1. The molecule has 1 fully saturated rings. The van der Waals surface area contributed by atoms with Crippen molar-refractivity contribution in [3.05, 3.63) is 22.6 Å². The molecule has 24 heavy (non-hydrogen) atoms. The summed E-state index contributed by atoms with van der Waals surface area (Å²) in [5.74, 6) is 0.226. The summed E-state index contributed by atoms with van der Waals surface area (Å²) in [6, 6.07) is 1.48. The molecule has 0 amide bonds. The molecule has 0 atom stereocenters. The fourth-order valence-electron chi connectivity index (χ4n) is 4.12. The lowest BCUT2D eigenvalue weighted by atomic mass is 9.89. The van der Waals surface area contributed by atoms with Gasteiger partial charge in [0.25, 0.3) is 0 Å². The maximum atomic E-state index is 14.3. The first kappa shape index (κ1) is 14.7. The van der Waals surface area contributed by atoms with E-state index < -0.39 is 0 Å². The Labute approximate surface area is 147 Å². The van der Waals surface area contributed by atoms with Gasteiger partial charge in [0.1, 0.15) is 18.2 Å². The van der Waals surface area contributed by atoms with E-state index in [4.69, 9.17) is 9.47 Å². The number of pyridine rings is 1. The predicted molar refractivity (Wildman–Crippen MR) is 93.4 cm³/mol. The van der Waals surface area contributed by atoms with E-state index in [-0.39, 0.29) is 11.4 Å². The molecule has 0 N–H and O–H groups in total. The van der Waals surface area contributed by atoms with Gasteiger partial charge in [0.15, 0.2) is 0 Å². The van der Waals surface area contributed by atoms with Crippen LogP contribution in [0.1, 0.15) is 12.8 Å². The Morgan fingerprint density at radius 1 is 1.33 bits per heavy atom. The number of anilines is 2. The standard InChI is InChI=1S/C17H17BrFN3O2/c1-21-9-22-15-12(21)7-20-11-6-10(19)14(18)16(13(11)15)24-8-17(22)2-4-23-5-3-17/h6-7H,2-5,8-9H2,1H3. The van der Waals surface area contributed by atoms with Gasteiger partial charge in [-0.05, 0) is 28.8 Å². The van der Waals surface area contributed by atoms with Crippen LogP contribution >= 0.6 is 15.9 Å². The lowest BCUT2D eigenvalue weighted by Crippen LogP contribution is -2.56. The lowest BCUT2D eigenvalue weighted by Gasteiger charge is -2.44. The quantitative estimate of drug-likeness (QED) is 0.686. The first-order valence-corrected chi connectivity index (χ1v) is 8.90. The first-order chi connectivity index (χ1) is 11.6. The average molecular weight is 394 g/mol. The molecule has 0 radical (unpaired) electrons. The number of ether oxygens (including phenoxy) is 2. The van der Waals surface area contributed by atoms with Crippen LogP contribution in [-0.2, 0) is 4.74 Å². The minimum Gasteiger partial charge on any atom is -0.489 e. The Balaban J connectivity index is 1.84. The molecule has 1 spiro atoms. The van der Waals surface area contributed by atoms with Gasteiger partial charge in [-0.3, -0.25) is 4.98 Å². The van der Waals surface area contributed by atoms with Crippen LogP contribution in [-0.4, -0.2) is 44.1 Å². The van der Waals surface area contributed by atoms with Crippen LogP contribution in [0.5, 0.6) is 5.75 Å². The molecule has 0 unspecified atom stereocenters. The van der Waals surface area contributed by atoms with Gasteiger partial charge in [0, 0.05) is 26.3 Å². The van der Waals surface area contributed by atoms with E-state index in [9.17, 15) is 4.39 Å². The van der Waals surface area contributed by atoms with Crippen LogP contribution in [0.15, 0.2) is 16.7 Å². The third kappa shape index (κ3) is 1.80. The lowest BCUT2D eigenvalue weighted by molar-refractivity contribution is 0.0321. The Morgan fingerprint density at radius 2 is 2.12 bits per heavy atom. The topological polar surface area (TPSA) is 37.8 Å². The van der Waals surface area contributed by atoms with Crippen LogP contribution in [0.3, 0.4) is 0 Å². The van der Waals surface area contributed by atoms with Crippen LogP contribution < -0.4 is 14.5 Å². The molecule has 1 aromatic carbocycles. The molecule has 126 valence electrons. The molecule has 0 bridgehead atoms. The number of hydrogen-bond donors (Lipinski definition) is 0. The van der Waals surface area contributed by atoms with Crippen molar-refractivity contribution in [2.45, 2.75) is 18.4 Å². The Bertz CT molecular complexity index is 854. The highest BCUT2D eigenvalue weighted by atomic mass is 79.9. The number of hydrogen-bond acceptors (Lipinski definition) is 5. The molecule has 0 saturated carbocycles. The fourth-order valence-corrected chi connectivity index (χ4v) is 4.55. The summed E-state index contributed by atoms with van der Waals surface area (Å²) in [6.07, 6.45) is 3.64. The number of fused-ring (bicyclic) bond motifs is 1. The molecule has 5 rings (SSSR count). The van der Waals surface area contributed by atoms with E-state index >= 15 is 0 Å². The summed E-state index contributed by atoms with van der Waals surface area (Å²) in [6.45, 7) is 2.75. The van der Waals surface area contributed by atoms with Crippen LogP contribution in [0.2, 0.25) is 0 Å². The van der Waals surface area contributed by atoms with E-state index in [1.165, 1.54) is 6.07 Å². The van der Waals surface area contributed by atoms with Crippen molar-refractivity contribution >= 4 is 38.2 Å². The van der Waals surface area contributed by atoms with E-state index in [0.717, 1.165) is 49.5 Å². The second kappa shape index (κ2) is 4.95. The van der Waals surface area contributed by atoms with Gasteiger partial charge in [-0.1, -0.05) is 0 Å². The van der Waals surface area contributed by atoms with Crippen LogP contribution in [0.25, 0.3) is 10.9 Å². The summed E-state index contributed by atoms with van der Waals surface area (Å²) in [5.41, 5.74) is 2.69. The average Bonchev–Trinajstić information content (AvgIpc) is 2.87. The number of rotatable bonds is 0. The summed E-state index contributed by atoms with van der Waals surface area (Å²) in [4.78, 5) is 9.10. The first-order valence-electron chi connectivity index (χ1n) is 8.11. The zero-order chi connectivity index (χ0) is 16.5. The van der Waals surface area contributed by atoms with Crippen molar-refractivity contribution in [2.24, 2.45) is 0 Å². The summed E-state index contributed by atoms with van der Waals surface area (Å²) in [5, 5.41) is 0.897. The normalized spacial score (nSPS) is 21.3. The number of aromatic nitrogens is 1. The van der Waals surface area contributed by atoms with E-state index in [2.05, 4.69) is 37.8 Å². The number of halogens is 2. The smallest absolute Gasteiger partial charge is 0.148 e. The second-order valence-electron chi connectivity index (χ2n) is 6.78. The molecule has 2 aromatic rings. The van der Waals surface area contributed by atoms with Gasteiger partial charge in [0.05, 0.1) is 45.2 Å². The Kier molecular flexibility index (Phi) is 3.04. The maximum Gasteiger partial charge on any atom is 0.148 e. The fraction of sp³-hybridized carbons (Fsp3) is 0.471. The summed E-state index contributed by atoms with van der Waals surface area (Å²) < 4.78 is 26.4. The highest BCUT2D eigenvalue weighted by molar-refractivity contribution is 9.10. The van der Waals surface area contributed by atoms with Gasteiger partial charge in [0.2, 0.25) is 0 Å². The molecule has 7 heteroatoms. The summed E-state index contributed by atoms with van der Waals surface area (Å²) in [7, 11) is 2.07. The Morgan fingerprint density at radius 3 is 2.92 bits per heavy atom. The highest BCUT2D eigenvalue weighted by Crippen LogP contribution is 2.52. The predicted octanol–water partition coefficient (Wildman–Crippen LogP) is 3.29. The highest BCUT2D eigenvalue weighted by Gasteiger charge is 2.47. The molecule has 0 aliphatic carbocycles. The zero-order valence-corrected chi connectivity index (χ0v) is 14.9. The molecule has 3 aliphatic heterocycles. The molecule has 1 aromatic heterocycles. The van der Waals surface area contributed by atoms with Crippen molar-refractivity contribution in [3.8, 4) is 5.75 Å². The Hall–Kier alpha value is -1.60. The summed E-state index contributed by atoms with van der Waals surface area (Å²) >= 11 is 3.37. The third-order valence-corrected chi connectivity index (χ3v) is 6.22. The minimum atomic E-state index is -0.342. The van der Waals surface area contributed by atoms with Crippen LogP contribution in [0, 0.1) is 5.82 Å². The minimum absolute atomic E-state index is 0.124. The van der Waals surface area contributed by atoms with Crippen molar-refractivity contribution < 1.29 is 13.9 Å². The van der Waals surface area contributed by atoms with Crippen molar-refractivity contribution in [1.29, 1.82) is 0 Å². The van der Waals surface area contributed by atoms with Gasteiger partial charge in [-0.2, -0.15) is 0 Å². The molecule has 4 heterocycles. The van der Waals surface area contributed by atoms with Crippen molar-refractivity contribution in [3.63, 3.8) is 0 Å². The van der Waals surface area contributed by atoms with E-state index in [0.29, 0.717) is 22.3 Å². The molecule has 3 aliphatic rings. The monoisotopic (exact) mass is 393 g/mol. The van der Waals surface area contributed by atoms with E-state index in [1.54, 1.807) is 0 Å². The van der Waals surface area contributed by atoms with Crippen molar-refractivity contribution in [1.82, 2.24) is 4.98 Å². The van der Waals surface area contributed by atoms with E-state index in [1.807, 2.05) is 6.20 Å². The molecular weight excluding hydrogens is 377 g/mol. The zero-order valence-electron chi connectivity index (χ0n) is 13.3. The van der Waals surface area contributed by atoms with Crippen molar-refractivity contribution in [2.75, 3.05) is 43.3 Å². The SMILES string of the molecule is CN1CN2c3c1cnc1cc(F)c(Br)c(c31)OCC21CCOCC1. The molecule has 5 nitrogen and oxygen atoms in total. The largest absolute Gasteiger partial charge is 0.489 e. The van der Waals surface area contributed by atoms with Gasteiger partial charge >= 0.3 is 0 Å². The second-order valence-corrected chi connectivity index (χ2v) is 7.57. The van der Waals surface area contributed by atoms with Gasteiger partial charge in [-0.25, -0.2) is 4.39 Å². The molecular formula is C17H17BrFN3O2. The third-order valence-electron chi connectivity index (χ3n) is 5.48. The van der Waals surface area contributed by atoms with Crippen LogP contribution in [0.4, 0.5) is 15.8 Å². The van der Waals surface area contributed by atoms with Gasteiger partial charge in [-0.15, -0.1) is 0 Å². The number of nitrogens with zero attached hydrogens (tertiary/aromatic N) is 3. The maximum absolute atomic E-state index is 14.3. The molecule has 1 saturated heterocycles. The van der Waals surface area contributed by atoms with Gasteiger partial charge < -0.3 is 19.3 Å².